The minimum absolute atomic E-state index is 0.0429. The van der Waals surface area contributed by atoms with Crippen LogP contribution in [-0.2, 0) is 11.3 Å². The molecule has 0 unspecified atom stereocenters. The molecular weight excluding hydrogens is 296 g/mol. The number of likely N-dealkylation sites (N-methyl/N-ethyl adjacent to an activating group) is 1. The van der Waals surface area contributed by atoms with Crippen molar-refractivity contribution in [2.45, 2.75) is 13.5 Å². The molecule has 0 fully saturated rings. The van der Waals surface area contributed by atoms with E-state index in [2.05, 4.69) is 36.1 Å². The predicted molar refractivity (Wildman–Crippen MR) is 101 cm³/mol. The molecule has 0 heterocycles. The molecular formula is C21H26N2O. The molecule has 0 aromatic heterocycles. The lowest BCUT2D eigenvalue weighted by Crippen LogP contribution is -2.35. The van der Waals surface area contributed by atoms with Crippen LogP contribution in [0.5, 0.6) is 0 Å². The van der Waals surface area contributed by atoms with Crippen molar-refractivity contribution in [1.82, 2.24) is 9.80 Å². The van der Waals surface area contributed by atoms with Gasteiger partial charge >= 0.3 is 0 Å². The quantitative estimate of drug-likeness (QED) is 0.727. The number of amides is 1. The summed E-state index contributed by atoms with van der Waals surface area (Å²) < 4.78 is 0. The molecule has 24 heavy (non-hydrogen) atoms. The minimum Gasteiger partial charge on any atom is -0.334 e. The highest BCUT2D eigenvalue weighted by molar-refractivity contribution is 5.91. The number of hydrogen-bond donors (Lipinski definition) is 0. The van der Waals surface area contributed by atoms with Gasteiger partial charge in [-0.15, -0.1) is 0 Å². The van der Waals surface area contributed by atoms with Crippen LogP contribution in [0.25, 0.3) is 6.08 Å². The van der Waals surface area contributed by atoms with Crippen molar-refractivity contribution in [3.05, 3.63) is 77.4 Å². The molecule has 0 radical (unpaired) electrons. The SMILES string of the molecule is Cc1ccc(/C=C/C(=O)N(CCN(C)C)Cc2ccccc2)cc1. The van der Waals surface area contributed by atoms with Crippen LogP contribution >= 0.6 is 0 Å². The minimum atomic E-state index is 0.0429. The van der Waals surface area contributed by atoms with Crippen molar-refractivity contribution in [3.63, 3.8) is 0 Å². The summed E-state index contributed by atoms with van der Waals surface area (Å²) >= 11 is 0. The molecule has 0 saturated heterocycles. The molecule has 0 N–H and O–H groups in total. The van der Waals surface area contributed by atoms with Crippen LogP contribution < -0.4 is 0 Å². The molecule has 0 saturated carbocycles. The lowest BCUT2D eigenvalue weighted by Gasteiger charge is -2.23. The molecule has 0 aliphatic rings. The van der Waals surface area contributed by atoms with Crippen LogP contribution in [0.3, 0.4) is 0 Å². The highest BCUT2D eigenvalue weighted by Crippen LogP contribution is 2.08. The summed E-state index contributed by atoms with van der Waals surface area (Å²) in [6.45, 7) is 4.24. The standard InChI is InChI=1S/C21H26N2O/c1-18-9-11-19(12-10-18)13-14-21(24)23(16-15-22(2)3)17-20-7-5-4-6-8-20/h4-14H,15-17H2,1-3H3/b14-13+. The second-order valence-corrected chi connectivity index (χ2v) is 6.29. The van der Waals surface area contributed by atoms with E-state index in [4.69, 9.17) is 0 Å². The van der Waals surface area contributed by atoms with Gasteiger partial charge < -0.3 is 9.80 Å². The summed E-state index contributed by atoms with van der Waals surface area (Å²) in [5, 5.41) is 0. The lowest BCUT2D eigenvalue weighted by molar-refractivity contribution is -0.126. The molecule has 0 aliphatic heterocycles. The number of carbonyl (C=O) groups is 1. The van der Waals surface area contributed by atoms with Crippen molar-refractivity contribution < 1.29 is 4.79 Å². The molecule has 3 heteroatoms. The van der Waals surface area contributed by atoms with E-state index < -0.39 is 0 Å². The molecule has 126 valence electrons. The number of rotatable bonds is 7. The molecule has 2 aromatic carbocycles. The van der Waals surface area contributed by atoms with Crippen LogP contribution in [0.4, 0.5) is 0 Å². The number of benzene rings is 2. The van der Waals surface area contributed by atoms with Crippen LogP contribution in [0, 0.1) is 6.92 Å². The summed E-state index contributed by atoms with van der Waals surface area (Å²) in [5.41, 5.74) is 3.41. The van der Waals surface area contributed by atoms with E-state index in [0.717, 1.165) is 17.7 Å². The molecule has 0 bridgehead atoms. The first-order valence-corrected chi connectivity index (χ1v) is 8.27. The zero-order valence-electron chi connectivity index (χ0n) is 14.8. The van der Waals surface area contributed by atoms with E-state index in [1.54, 1.807) is 6.08 Å². The second-order valence-electron chi connectivity index (χ2n) is 6.29. The van der Waals surface area contributed by atoms with Crippen molar-refractivity contribution in [2.24, 2.45) is 0 Å². The summed E-state index contributed by atoms with van der Waals surface area (Å²) in [6, 6.07) is 18.3. The van der Waals surface area contributed by atoms with Crippen LogP contribution in [-0.4, -0.2) is 42.9 Å². The zero-order chi connectivity index (χ0) is 17.4. The molecule has 2 aromatic rings. The van der Waals surface area contributed by atoms with Gasteiger partial charge in [-0.05, 0) is 38.2 Å². The molecule has 0 atom stereocenters. The largest absolute Gasteiger partial charge is 0.334 e. The Balaban J connectivity index is 2.06. The Kier molecular flexibility index (Phi) is 6.76. The lowest BCUT2D eigenvalue weighted by atomic mass is 10.1. The fourth-order valence-electron chi connectivity index (χ4n) is 2.34. The van der Waals surface area contributed by atoms with E-state index in [1.165, 1.54) is 5.56 Å². The average molecular weight is 322 g/mol. The first-order valence-electron chi connectivity index (χ1n) is 8.27. The summed E-state index contributed by atoms with van der Waals surface area (Å²) in [6.07, 6.45) is 3.55. The predicted octanol–water partition coefficient (Wildman–Crippen LogP) is 3.60. The van der Waals surface area contributed by atoms with E-state index in [0.29, 0.717) is 13.1 Å². The Morgan fingerprint density at radius 1 is 0.958 bits per heavy atom. The van der Waals surface area contributed by atoms with Crippen molar-refractivity contribution >= 4 is 12.0 Å². The van der Waals surface area contributed by atoms with Crippen molar-refractivity contribution in [2.75, 3.05) is 27.2 Å². The van der Waals surface area contributed by atoms with E-state index in [9.17, 15) is 4.79 Å². The molecule has 1 amide bonds. The van der Waals surface area contributed by atoms with Crippen LogP contribution in [0.1, 0.15) is 16.7 Å². The van der Waals surface area contributed by atoms with Gasteiger partial charge in [0.05, 0.1) is 0 Å². The van der Waals surface area contributed by atoms with Crippen LogP contribution in [0.2, 0.25) is 0 Å². The first kappa shape index (κ1) is 18.0. The number of nitrogens with zero attached hydrogens (tertiary/aromatic N) is 2. The van der Waals surface area contributed by atoms with Gasteiger partial charge in [-0.1, -0.05) is 60.2 Å². The van der Waals surface area contributed by atoms with Gasteiger partial charge in [-0.2, -0.15) is 0 Å². The van der Waals surface area contributed by atoms with Gasteiger partial charge in [0, 0.05) is 25.7 Å². The topological polar surface area (TPSA) is 23.6 Å². The highest BCUT2D eigenvalue weighted by Gasteiger charge is 2.11. The fraction of sp³-hybridized carbons (Fsp3) is 0.286. The van der Waals surface area contributed by atoms with Gasteiger partial charge in [0.15, 0.2) is 0 Å². The van der Waals surface area contributed by atoms with Crippen molar-refractivity contribution in [1.29, 1.82) is 0 Å². The monoisotopic (exact) mass is 322 g/mol. The van der Waals surface area contributed by atoms with E-state index in [-0.39, 0.29) is 5.91 Å². The first-order chi connectivity index (χ1) is 11.5. The Morgan fingerprint density at radius 2 is 1.62 bits per heavy atom. The Labute approximate surface area is 145 Å². The third-order valence-electron chi connectivity index (χ3n) is 3.84. The van der Waals surface area contributed by atoms with Gasteiger partial charge in [-0.25, -0.2) is 0 Å². The third-order valence-corrected chi connectivity index (χ3v) is 3.84. The van der Waals surface area contributed by atoms with E-state index in [1.807, 2.05) is 55.4 Å². The maximum absolute atomic E-state index is 12.6. The highest BCUT2D eigenvalue weighted by atomic mass is 16.2. The van der Waals surface area contributed by atoms with Crippen LogP contribution in [0.15, 0.2) is 60.7 Å². The summed E-state index contributed by atoms with van der Waals surface area (Å²) in [5.74, 6) is 0.0429. The number of aryl methyl sites for hydroxylation is 1. The Morgan fingerprint density at radius 3 is 2.25 bits per heavy atom. The van der Waals surface area contributed by atoms with Gasteiger partial charge in [0.2, 0.25) is 5.91 Å². The number of carbonyl (C=O) groups excluding carboxylic acids is 1. The zero-order valence-corrected chi connectivity index (χ0v) is 14.8. The maximum atomic E-state index is 12.6. The molecule has 0 aliphatic carbocycles. The van der Waals surface area contributed by atoms with Gasteiger partial charge in [0.1, 0.15) is 0 Å². The van der Waals surface area contributed by atoms with E-state index >= 15 is 0 Å². The average Bonchev–Trinajstić information content (AvgIpc) is 2.58. The van der Waals surface area contributed by atoms with Crippen molar-refractivity contribution in [3.8, 4) is 0 Å². The second kappa shape index (κ2) is 9.04. The maximum Gasteiger partial charge on any atom is 0.246 e. The summed E-state index contributed by atoms with van der Waals surface area (Å²) in [4.78, 5) is 16.6. The smallest absolute Gasteiger partial charge is 0.246 e. The van der Waals surface area contributed by atoms with Gasteiger partial charge in [0.25, 0.3) is 0 Å². The Bertz CT molecular complexity index is 660. The number of hydrogen-bond acceptors (Lipinski definition) is 2. The third kappa shape index (κ3) is 6.01. The molecule has 2 rings (SSSR count). The van der Waals surface area contributed by atoms with Gasteiger partial charge in [-0.3, -0.25) is 4.79 Å². The fourth-order valence-corrected chi connectivity index (χ4v) is 2.34. The molecule has 3 nitrogen and oxygen atoms in total. The Hall–Kier alpha value is -2.39. The normalized spacial score (nSPS) is 11.2. The molecule has 0 spiro atoms. The summed E-state index contributed by atoms with van der Waals surface area (Å²) in [7, 11) is 4.04.